The highest BCUT2D eigenvalue weighted by molar-refractivity contribution is 14.0. The predicted molar refractivity (Wildman–Crippen MR) is 45.6 cm³/mol. The molecule has 0 fully saturated rings. The summed E-state index contributed by atoms with van der Waals surface area (Å²) in [7, 11) is 0. The second-order valence-electron chi connectivity index (χ2n) is 2.03. The molecule has 0 heterocycles. The fourth-order valence-corrected chi connectivity index (χ4v) is 0.903. The van der Waals surface area contributed by atoms with Gasteiger partial charge < -0.3 is 0 Å². The summed E-state index contributed by atoms with van der Waals surface area (Å²) in [6.07, 6.45) is 0. The van der Waals surface area contributed by atoms with Crippen molar-refractivity contribution in [2.45, 2.75) is 6.92 Å². The quantitative estimate of drug-likeness (QED) is 0.596. The Morgan fingerprint density at radius 2 is 2.00 bits per heavy atom. The molecule has 0 spiro atoms. The Hall–Kier alpha value is -0.0500. The Balaban J connectivity index is 0.000000320. The van der Waals surface area contributed by atoms with Crippen LogP contribution in [0.1, 0.15) is 5.56 Å². The SMILES string of the molecule is Cc1ccc2cc1-2.I. The van der Waals surface area contributed by atoms with Gasteiger partial charge in [-0.3, -0.25) is 0 Å². The van der Waals surface area contributed by atoms with E-state index in [4.69, 9.17) is 0 Å². The van der Waals surface area contributed by atoms with E-state index < -0.39 is 0 Å². The summed E-state index contributed by atoms with van der Waals surface area (Å²) >= 11 is 0. The first-order valence-electron chi connectivity index (χ1n) is 2.49. The molecule has 2 rings (SSSR count). The summed E-state index contributed by atoms with van der Waals surface area (Å²) < 4.78 is 0. The molecule has 0 aromatic carbocycles. The van der Waals surface area contributed by atoms with Crippen LogP contribution in [0.25, 0.3) is 11.1 Å². The summed E-state index contributed by atoms with van der Waals surface area (Å²) in [5, 5.41) is 0. The molecule has 0 saturated carbocycles. The van der Waals surface area contributed by atoms with Gasteiger partial charge in [0.2, 0.25) is 0 Å². The number of aryl methyl sites for hydroxylation is 1. The topological polar surface area (TPSA) is 0 Å². The number of benzene rings is 1. The van der Waals surface area contributed by atoms with Crippen molar-refractivity contribution in [3.63, 3.8) is 0 Å². The maximum atomic E-state index is 2.20. The third-order valence-corrected chi connectivity index (χ3v) is 1.47. The lowest BCUT2D eigenvalue weighted by molar-refractivity contribution is 1.57. The van der Waals surface area contributed by atoms with Crippen LogP contribution in [-0.4, -0.2) is 0 Å². The molecule has 2 aliphatic rings. The minimum absolute atomic E-state index is 0. The second-order valence-corrected chi connectivity index (χ2v) is 2.03. The zero-order valence-electron chi connectivity index (χ0n) is 4.64. The highest BCUT2D eigenvalue weighted by Gasteiger charge is 2.12. The summed E-state index contributed by atoms with van der Waals surface area (Å²) in [4.78, 5) is 0. The molecule has 0 radical (unpaired) electrons. The van der Waals surface area contributed by atoms with Gasteiger partial charge in [-0.25, -0.2) is 0 Å². The van der Waals surface area contributed by atoms with E-state index in [1.807, 2.05) is 0 Å². The Kier molecular flexibility index (Phi) is 1.31. The van der Waals surface area contributed by atoms with Crippen molar-refractivity contribution in [1.82, 2.24) is 0 Å². The predicted octanol–water partition coefficient (Wildman–Crippen LogP) is 2.59. The van der Waals surface area contributed by atoms with E-state index in [1.165, 1.54) is 16.7 Å². The van der Waals surface area contributed by atoms with Crippen molar-refractivity contribution >= 4 is 24.0 Å². The van der Waals surface area contributed by atoms with Gasteiger partial charge in [0.15, 0.2) is 0 Å². The fraction of sp³-hybridized carbons (Fsp3) is 0.143. The summed E-state index contributed by atoms with van der Waals surface area (Å²) in [5.41, 5.74) is 4.34. The van der Waals surface area contributed by atoms with E-state index in [2.05, 4.69) is 25.1 Å². The molecule has 42 valence electrons. The molecule has 0 unspecified atom stereocenters. The Morgan fingerprint density at radius 3 is 2.12 bits per heavy atom. The first-order chi connectivity index (χ1) is 3.38. The van der Waals surface area contributed by atoms with E-state index in [9.17, 15) is 0 Å². The lowest BCUT2D eigenvalue weighted by atomic mass is 10.3. The van der Waals surface area contributed by atoms with Gasteiger partial charge >= 0.3 is 0 Å². The van der Waals surface area contributed by atoms with Crippen LogP contribution in [0, 0.1) is 6.92 Å². The molecule has 0 aromatic heterocycles. The second kappa shape index (κ2) is 1.72. The zero-order chi connectivity index (χ0) is 4.85. The van der Waals surface area contributed by atoms with Crippen LogP contribution in [0.3, 0.4) is 0 Å². The monoisotopic (exact) mass is 218 g/mol. The normalized spacial score (nSPS) is 10.1. The Bertz CT molecular complexity index is 216. The van der Waals surface area contributed by atoms with Gasteiger partial charge in [0.05, 0.1) is 0 Å². The Morgan fingerprint density at radius 1 is 1.25 bits per heavy atom. The van der Waals surface area contributed by atoms with E-state index in [1.54, 1.807) is 0 Å². The minimum atomic E-state index is 0. The average molecular weight is 218 g/mol. The molecule has 8 heavy (non-hydrogen) atoms. The Labute approximate surface area is 65.9 Å². The highest BCUT2D eigenvalue weighted by Crippen LogP contribution is 2.37. The lowest BCUT2D eigenvalue weighted by Crippen LogP contribution is -1.51. The van der Waals surface area contributed by atoms with Gasteiger partial charge in [-0.05, 0) is 29.7 Å². The van der Waals surface area contributed by atoms with Crippen molar-refractivity contribution in [3.8, 4) is 11.1 Å². The van der Waals surface area contributed by atoms with Gasteiger partial charge in [0.1, 0.15) is 0 Å². The average Bonchev–Trinajstić information content (AvgIpc) is 2.33. The van der Waals surface area contributed by atoms with Crippen LogP contribution < -0.4 is 0 Å². The van der Waals surface area contributed by atoms with Crippen molar-refractivity contribution < 1.29 is 0 Å². The van der Waals surface area contributed by atoms with E-state index in [-0.39, 0.29) is 24.0 Å². The number of fused-ring (bicyclic) bond motifs is 1. The van der Waals surface area contributed by atoms with Crippen LogP contribution in [0.4, 0.5) is 0 Å². The molecule has 2 aliphatic carbocycles. The molecule has 0 aromatic rings. The molecule has 0 nitrogen and oxygen atoms in total. The van der Waals surface area contributed by atoms with Gasteiger partial charge in [-0.2, -0.15) is 0 Å². The number of rotatable bonds is 0. The highest BCUT2D eigenvalue weighted by atomic mass is 127. The summed E-state index contributed by atoms with van der Waals surface area (Å²) in [5.74, 6) is 0. The number of hydrogen-bond donors (Lipinski definition) is 0. The van der Waals surface area contributed by atoms with Crippen molar-refractivity contribution in [1.29, 1.82) is 0 Å². The van der Waals surface area contributed by atoms with Gasteiger partial charge in [0.25, 0.3) is 0 Å². The molecular formula is C7H7I. The number of halogens is 1. The van der Waals surface area contributed by atoms with Gasteiger partial charge in [-0.15, -0.1) is 24.0 Å². The fourth-order valence-electron chi connectivity index (χ4n) is 0.903. The maximum absolute atomic E-state index is 2.20. The van der Waals surface area contributed by atoms with Crippen LogP contribution >= 0.6 is 24.0 Å². The molecule has 0 aliphatic heterocycles. The smallest absolute Gasteiger partial charge is 0.0148 e. The maximum Gasteiger partial charge on any atom is -0.0148 e. The van der Waals surface area contributed by atoms with Crippen LogP contribution in [-0.2, 0) is 0 Å². The largest absolute Gasteiger partial charge is 0.107 e. The van der Waals surface area contributed by atoms with Crippen molar-refractivity contribution in [2.75, 3.05) is 0 Å². The van der Waals surface area contributed by atoms with Crippen LogP contribution in [0.5, 0.6) is 0 Å². The number of hydrogen-bond acceptors (Lipinski definition) is 0. The third-order valence-electron chi connectivity index (χ3n) is 1.47. The van der Waals surface area contributed by atoms with Crippen LogP contribution in [0.2, 0.25) is 0 Å². The molecule has 0 N–H and O–H groups in total. The zero-order valence-corrected chi connectivity index (χ0v) is 6.97. The van der Waals surface area contributed by atoms with Crippen molar-refractivity contribution in [2.24, 2.45) is 0 Å². The summed E-state index contributed by atoms with van der Waals surface area (Å²) in [6, 6.07) is 6.52. The molecule has 0 amide bonds. The van der Waals surface area contributed by atoms with E-state index in [0.29, 0.717) is 0 Å². The third kappa shape index (κ3) is 0.652. The molecule has 0 saturated heterocycles. The molecule has 0 atom stereocenters. The summed E-state index contributed by atoms with van der Waals surface area (Å²) in [6.45, 7) is 2.14. The van der Waals surface area contributed by atoms with Crippen LogP contribution in [0.15, 0.2) is 18.2 Å². The first kappa shape index (κ1) is 6.08. The molecular weight excluding hydrogens is 211 g/mol. The molecule has 1 heteroatoms. The van der Waals surface area contributed by atoms with E-state index >= 15 is 0 Å². The molecule has 0 bridgehead atoms. The van der Waals surface area contributed by atoms with Crippen molar-refractivity contribution in [3.05, 3.63) is 23.8 Å². The lowest BCUT2D eigenvalue weighted by Gasteiger charge is -1.71. The van der Waals surface area contributed by atoms with Gasteiger partial charge in [0, 0.05) is 0 Å². The van der Waals surface area contributed by atoms with E-state index in [0.717, 1.165) is 0 Å². The van der Waals surface area contributed by atoms with Gasteiger partial charge in [-0.1, -0.05) is 12.1 Å². The standard InChI is InChI=1S/C7H6.HI/c1-5-2-3-6-4-7(5)6;/h2-4H,1H3;1H. The minimum Gasteiger partial charge on any atom is -0.107 e. The first-order valence-corrected chi connectivity index (χ1v) is 2.49.